The molecule has 2 fully saturated rings. The van der Waals surface area contributed by atoms with Crippen LogP contribution >= 0.6 is 0 Å². The third-order valence-electron chi connectivity index (χ3n) is 18.6. The third-order valence-corrected chi connectivity index (χ3v) is 18.6. The number of rotatable bonds is 19. The van der Waals surface area contributed by atoms with Crippen LogP contribution in [0.4, 0.5) is 8.78 Å². The summed E-state index contributed by atoms with van der Waals surface area (Å²) in [4.78, 5) is 186. The van der Waals surface area contributed by atoms with Crippen molar-refractivity contribution in [3.8, 4) is 0 Å². The number of hydrogen-bond acceptors (Lipinski definition) is 13. The minimum Gasteiger partial charge on any atom is -0.391 e. The van der Waals surface area contributed by atoms with Crippen LogP contribution in [0.3, 0.4) is 0 Å². The number of halogens is 2. The predicted molar refractivity (Wildman–Crippen MR) is 370 cm³/mol. The summed E-state index contributed by atoms with van der Waals surface area (Å²) >= 11 is 0. The van der Waals surface area contributed by atoms with Crippen LogP contribution in [0.1, 0.15) is 150 Å². The van der Waals surface area contributed by atoms with E-state index in [2.05, 4.69) is 26.6 Å². The molecule has 2 saturated heterocycles. The first-order valence-electron chi connectivity index (χ1n) is 35.0. The van der Waals surface area contributed by atoms with E-state index in [1.165, 1.54) is 59.0 Å². The zero-order chi connectivity index (χ0) is 74.1. The summed E-state index contributed by atoms with van der Waals surface area (Å²) in [5.41, 5.74) is 1.24. The number of unbranched alkanes of at least 4 members (excludes halogenated alkanes) is 1. The van der Waals surface area contributed by atoms with Gasteiger partial charge in [0.05, 0.1) is 25.6 Å². The lowest BCUT2D eigenvalue weighted by Gasteiger charge is -2.36. The first-order chi connectivity index (χ1) is 46.6. The van der Waals surface area contributed by atoms with Crippen molar-refractivity contribution in [3.63, 3.8) is 0 Å². The van der Waals surface area contributed by atoms with Crippen molar-refractivity contribution in [1.82, 2.24) is 60.9 Å². The molecular formula is C72H112F2N12O13. The number of piperidine rings is 1. The van der Waals surface area contributed by atoms with E-state index in [0.29, 0.717) is 43.5 Å². The number of carbonyl (C=O) groups is 12. The summed E-state index contributed by atoms with van der Waals surface area (Å²) in [6, 6.07) is 4.76. The van der Waals surface area contributed by atoms with Crippen molar-refractivity contribution in [2.24, 2.45) is 23.7 Å². The molecule has 99 heavy (non-hydrogen) atoms. The van der Waals surface area contributed by atoms with Crippen LogP contribution in [0, 0.1) is 23.7 Å². The van der Waals surface area contributed by atoms with Gasteiger partial charge in [-0.05, 0) is 93.1 Å². The second-order valence-corrected chi connectivity index (χ2v) is 28.2. The van der Waals surface area contributed by atoms with Crippen molar-refractivity contribution < 1.29 is 71.4 Å². The van der Waals surface area contributed by atoms with Gasteiger partial charge in [0.1, 0.15) is 54.4 Å². The van der Waals surface area contributed by atoms with Crippen molar-refractivity contribution in [2.45, 2.75) is 219 Å². The Balaban J connectivity index is 1.94. The van der Waals surface area contributed by atoms with E-state index in [0.717, 1.165) is 30.9 Å². The van der Waals surface area contributed by atoms with Gasteiger partial charge in [0.25, 0.3) is 0 Å². The predicted octanol–water partition coefficient (Wildman–Crippen LogP) is 3.93. The average molecular weight is 1390 g/mol. The van der Waals surface area contributed by atoms with Gasteiger partial charge >= 0.3 is 0 Å². The second kappa shape index (κ2) is 40.2. The van der Waals surface area contributed by atoms with Gasteiger partial charge in [-0.15, -0.1) is 0 Å². The van der Waals surface area contributed by atoms with Gasteiger partial charge in [-0.25, -0.2) is 8.78 Å². The van der Waals surface area contributed by atoms with Gasteiger partial charge in [0, 0.05) is 74.6 Å². The number of hydrogen-bond donors (Lipinski definition) is 6. The van der Waals surface area contributed by atoms with E-state index < -0.39 is 170 Å². The summed E-state index contributed by atoms with van der Waals surface area (Å²) < 4.78 is 27.2. The van der Waals surface area contributed by atoms with Crippen LogP contribution in [-0.2, 0) is 70.4 Å². The van der Waals surface area contributed by atoms with Crippen LogP contribution in [0.25, 0.3) is 0 Å². The molecule has 4 rings (SSSR count). The highest BCUT2D eigenvalue weighted by Crippen LogP contribution is 2.23. The molecule has 0 unspecified atom stereocenters. The Morgan fingerprint density at radius 1 is 0.495 bits per heavy atom. The summed E-state index contributed by atoms with van der Waals surface area (Å²) in [6.07, 6.45) is -3.26. The van der Waals surface area contributed by atoms with E-state index in [1.807, 2.05) is 13.8 Å². The van der Waals surface area contributed by atoms with Gasteiger partial charge in [-0.2, -0.15) is 0 Å². The zero-order valence-corrected chi connectivity index (χ0v) is 60.9. The molecule has 6 N–H and O–H groups in total. The molecule has 2 aromatic carbocycles. The molecule has 25 nitrogen and oxygen atoms in total. The topological polar surface area (TPSA) is 308 Å². The second-order valence-electron chi connectivity index (χ2n) is 28.2. The number of aliphatic hydroxyl groups is 1. The molecule has 0 aliphatic carbocycles. The Hall–Kier alpha value is -8.10. The normalized spacial score (nSPS) is 24.6. The van der Waals surface area contributed by atoms with Gasteiger partial charge in [0.15, 0.2) is 0 Å². The molecular weight excluding hydrogens is 1280 g/mol. The minimum atomic E-state index is -2.67. The number of benzene rings is 2. The standard InChI is InChI=1S/C72H112F2N12O13/c1-16-47(8)62-72(99)85(15)55(38-46(6)7)67(94)79-63(48(9)87)71(98)81(11)43-61(90)82(12)56(39-49-28-20-17-21-29-49)66(93)76-52(36-44(2)3)64(91)75-51(32-24-25-33-58(73)74)69(96)84(14)54(37-45(4)5)65(92)77-53(70(97)86-34-26-19-27-35-86)41-59(88)80(10)42-60(89)83(13)57(68(95)78-62)40-50-30-22-18-23-31-50/h17-18,20-23,28-31,44-48,51-58,62-63,87H,16,19,24-27,32-43H2,1-15H3,(H,75,91)(H,76,93)(H,77,92)(H,78,95)(H,79,94)/t47-,48+,51-,52-,53-,54-,55-,56-,57-,62-,63-/m0/s1. The number of carbonyl (C=O) groups excluding carboxylic acids is 12. The lowest BCUT2D eigenvalue weighted by Crippen LogP contribution is -2.62. The monoisotopic (exact) mass is 1390 g/mol. The maximum atomic E-state index is 15.1. The van der Waals surface area contributed by atoms with Gasteiger partial charge in [-0.1, -0.05) is 129 Å². The van der Waals surface area contributed by atoms with E-state index in [9.17, 15) is 57.0 Å². The average Bonchev–Trinajstić information content (AvgIpc) is 0.828. The van der Waals surface area contributed by atoms with Gasteiger partial charge < -0.3 is 66.0 Å². The smallest absolute Gasteiger partial charge is 0.248 e. The molecule has 0 radical (unpaired) electrons. The quantitative estimate of drug-likeness (QED) is 0.109. The highest BCUT2D eigenvalue weighted by Gasteiger charge is 2.42. The number of likely N-dealkylation sites (tertiary alicyclic amines) is 1. The number of alkyl halides is 2. The summed E-state index contributed by atoms with van der Waals surface area (Å²) in [5.74, 6) is -10.7. The number of aliphatic hydroxyl groups excluding tert-OH is 1. The largest absolute Gasteiger partial charge is 0.391 e. The lowest BCUT2D eigenvalue weighted by atomic mass is 9.94. The molecule has 2 aliphatic heterocycles. The molecule has 11 atom stereocenters. The van der Waals surface area contributed by atoms with E-state index in [4.69, 9.17) is 0 Å². The molecule has 0 bridgehead atoms. The lowest BCUT2D eigenvalue weighted by molar-refractivity contribution is -0.148. The highest BCUT2D eigenvalue weighted by atomic mass is 19.3. The zero-order valence-electron chi connectivity index (χ0n) is 60.9. The molecule has 2 aromatic rings. The van der Waals surface area contributed by atoms with Crippen LogP contribution in [-0.4, -0.2) is 246 Å². The highest BCUT2D eigenvalue weighted by molar-refractivity contribution is 6.00. The maximum Gasteiger partial charge on any atom is 0.248 e. The van der Waals surface area contributed by atoms with Crippen LogP contribution in [0.2, 0.25) is 0 Å². The van der Waals surface area contributed by atoms with E-state index >= 15 is 14.4 Å². The fraction of sp³-hybridized carbons (Fsp3) is 0.667. The molecule has 27 heteroatoms. The Morgan fingerprint density at radius 2 is 0.939 bits per heavy atom. The molecule has 2 aliphatic rings. The maximum absolute atomic E-state index is 15.1. The number of likely N-dealkylation sites (N-methyl/N-ethyl adjacent to an activating group) is 6. The molecule has 12 amide bonds. The Morgan fingerprint density at radius 3 is 1.41 bits per heavy atom. The first-order valence-corrected chi connectivity index (χ1v) is 35.0. The van der Waals surface area contributed by atoms with Crippen molar-refractivity contribution in [2.75, 3.05) is 68.5 Å². The first kappa shape index (κ1) is 83.3. The number of nitrogens with zero attached hydrogens (tertiary/aromatic N) is 7. The van der Waals surface area contributed by atoms with Crippen LogP contribution in [0.15, 0.2) is 60.7 Å². The Bertz CT molecular complexity index is 3030. The van der Waals surface area contributed by atoms with Gasteiger partial charge in [0.2, 0.25) is 77.3 Å². The summed E-state index contributed by atoms with van der Waals surface area (Å²) in [5, 5.41) is 25.1. The summed E-state index contributed by atoms with van der Waals surface area (Å²) in [6.45, 7) is 14.9. The number of nitrogens with one attached hydrogen (secondary N) is 5. The Labute approximate surface area is 584 Å². The Kier molecular flexibility index (Phi) is 33.9. The van der Waals surface area contributed by atoms with Crippen molar-refractivity contribution in [3.05, 3.63) is 71.8 Å². The fourth-order valence-corrected chi connectivity index (χ4v) is 12.3. The minimum absolute atomic E-state index is 0.00149. The summed E-state index contributed by atoms with van der Waals surface area (Å²) in [7, 11) is 8.03. The van der Waals surface area contributed by atoms with Crippen molar-refractivity contribution >= 4 is 70.9 Å². The van der Waals surface area contributed by atoms with Gasteiger partial charge in [-0.3, -0.25) is 57.5 Å². The SMILES string of the molecule is CC[C@H](C)[C@@H]1NC(=O)[C@H](Cc2ccccc2)N(C)C(=O)CN(C)C(=O)C[C@@H](C(=O)N2CCCCC2)NC(=O)[C@H](CC(C)C)N(C)C(=O)[C@H](CCCCC(F)F)NC(=O)[C@H](CC(C)C)NC(=O)[C@H](Cc2ccccc2)N(C)C(=O)CN(C)C(=O)[C@H]([C@@H](C)O)NC(=O)[C@H](CC(C)C)N(C)C1=O. The molecule has 0 saturated carbocycles. The van der Waals surface area contributed by atoms with Crippen LogP contribution in [0.5, 0.6) is 0 Å². The fourth-order valence-electron chi connectivity index (χ4n) is 12.3. The molecule has 0 spiro atoms. The van der Waals surface area contributed by atoms with Crippen molar-refractivity contribution in [1.29, 1.82) is 0 Å². The number of amides is 12. The van der Waals surface area contributed by atoms with Crippen LogP contribution < -0.4 is 26.6 Å². The van der Waals surface area contributed by atoms with E-state index in [-0.39, 0.29) is 69.1 Å². The van der Waals surface area contributed by atoms with E-state index in [1.54, 1.807) is 102 Å². The third kappa shape index (κ3) is 25.5. The molecule has 2 heterocycles. The molecule has 0 aromatic heterocycles. The molecule has 552 valence electrons.